The summed E-state index contributed by atoms with van der Waals surface area (Å²) in [6.07, 6.45) is 8.05. The first-order chi connectivity index (χ1) is 15.3. The van der Waals surface area contributed by atoms with Crippen LogP contribution < -0.4 is 10.6 Å². The third kappa shape index (κ3) is 5.24. The summed E-state index contributed by atoms with van der Waals surface area (Å²) in [7, 11) is 1.63. The molecule has 3 fully saturated rings. The zero-order chi connectivity index (χ0) is 22.8. The molecule has 9 heteroatoms. The topological polar surface area (TPSA) is 86.7 Å². The first-order valence-corrected chi connectivity index (χ1v) is 11.4. The Labute approximate surface area is 187 Å². The SMILES string of the molecule is CN=CC1(NC(=O)[C@H](CCC(F)(F)c2ccccn2)NC(=O)N2CCC3(CC2)CC3)CC1. The van der Waals surface area contributed by atoms with Crippen molar-refractivity contribution in [1.29, 1.82) is 0 Å². The molecule has 1 aromatic heterocycles. The van der Waals surface area contributed by atoms with Gasteiger partial charge >= 0.3 is 6.03 Å². The van der Waals surface area contributed by atoms with Crippen LogP contribution in [-0.2, 0) is 10.7 Å². The average molecular weight is 448 g/mol. The maximum atomic E-state index is 14.7. The van der Waals surface area contributed by atoms with Crippen LogP contribution in [0.2, 0.25) is 0 Å². The van der Waals surface area contributed by atoms with Gasteiger partial charge in [-0.1, -0.05) is 6.07 Å². The lowest BCUT2D eigenvalue weighted by Crippen LogP contribution is -2.55. The lowest BCUT2D eigenvalue weighted by atomic mass is 9.94. The van der Waals surface area contributed by atoms with Crippen LogP contribution in [0.25, 0.3) is 0 Å². The minimum absolute atomic E-state index is 0.196. The fourth-order valence-corrected chi connectivity index (χ4v) is 4.40. The fraction of sp³-hybridized carbons (Fsp3) is 0.652. The number of rotatable bonds is 8. The smallest absolute Gasteiger partial charge is 0.318 e. The first kappa shape index (κ1) is 22.6. The van der Waals surface area contributed by atoms with E-state index in [1.807, 2.05) is 0 Å². The molecule has 2 aliphatic carbocycles. The molecular weight excluding hydrogens is 416 g/mol. The highest BCUT2D eigenvalue weighted by atomic mass is 19.3. The first-order valence-electron chi connectivity index (χ1n) is 11.4. The molecule has 32 heavy (non-hydrogen) atoms. The summed E-state index contributed by atoms with van der Waals surface area (Å²) in [6, 6.07) is 2.93. The number of amides is 3. The maximum absolute atomic E-state index is 14.7. The number of carbonyl (C=O) groups excluding carboxylic acids is 2. The van der Waals surface area contributed by atoms with Crippen molar-refractivity contribution >= 4 is 18.2 Å². The number of pyridine rings is 1. The van der Waals surface area contributed by atoms with Crippen molar-refractivity contribution in [2.24, 2.45) is 10.4 Å². The van der Waals surface area contributed by atoms with Gasteiger partial charge in [-0.05, 0) is 62.5 Å². The third-order valence-electron chi connectivity index (χ3n) is 7.01. The number of hydrogen-bond acceptors (Lipinski definition) is 4. The molecule has 4 rings (SSSR count). The molecule has 0 radical (unpaired) electrons. The van der Waals surface area contributed by atoms with E-state index >= 15 is 0 Å². The van der Waals surface area contributed by atoms with E-state index in [0.717, 1.165) is 25.7 Å². The Morgan fingerprint density at radius 1 is 1.22 bits per heavy atom. The highest BCUT2D eigenvalue weighted by Gasteiger charge is 2.46. The molecule has 1 spiro atoms. The molecule has 174 valence electrons. The van der Waals surface area contributed by atoms with Gasteiger partial charge in [0, 0.05) is 39.0 Å². The highest BCUT2D eigenvalue weighted by Crippen LogP contribution is 2.53. The van der Waals surface area contributed by atoms with Crippen LogP contribution in [-0.4, -0.2) is 59.8 Å². The predicted octanol–water partition coefficient (Wildman–Crippen LogP) is 3.26. The molecule has 0 bridgehead atoms. The van der Waals surface area contributed by atoms with Gasteiger partial charge < -0.3 is 15.5 Å². The van der Waals surface area contributed by atoms with Crippen LogP contribution in [0.3, 0.4) is 0 Å². The van der Waals surface area contributed by atoms with E-state index in [4.69, 9.17) is 0 Å². The monoisotopic (exact) mass is 447 g/mol. The van der Waals surface area contributed by atoms with Crippen LogP contribution in [0.15, 0.2) is 29.4 Å². The van der Waals surface area contributed by atoms with E-state index in [-0.39, 0.29) is 18.1 Å². The number of piperidine rings is 1. The number of halogens is 2. The minimum atomic E-state index is -3.20. The van der Waals surface area contributed by atoms with Gasteiger partial charge in [-0.25, -0.2) is 4.79 Å². The summed E-state index contributed by atoms with van der Waals surface area (Å²) >= 11 is 0. The van der Waals surface area contributed by atoms with E-state index in [9.17, 15) is 18.4 Å². The van der Waals surface area contributed by atoms with Crippen molar-refractivity contribution < 1.29 is 18.4 Å². The Hall–Kier alpha value is -2.58. The normalized spacial score (nSPS) is 21.9. The fourth-order valence-electron chi connectivity index (χ4n) is 4.40. The Balaban J connectivity index is 1.41. The molecule has 1 atom stereocenters. The number of urea groups is 1. The summed E-state index contributed by atoms with van der Waals surface area (Å²) in [4.78, 5) is 35.3. The number of nitrogens with one attached hydrogen (secondary N) is 2. The van der Waals surface area contributed by atoms with Gasteiger partial charge in [0.25, 0.3) is 5.92 Å². The van der Waals surface area contributed by atoms with Gasteiger partial charge in [-0.2, -0.15) is 8.78 Å². The number of aromatic nitrogens is 1. The summed E-state index contributed by atoms with van der Waals surface area (Å²) in [5, 5.41) is 5.62. The van der Waals surface area contributed by atoms with E-state index < -0.39 is 29.8 Å². The highest BCUT2D eigenvalue weighted by molar-refractivity contribution is 5.91. The van der Waals surface area contributed by atoms with Crippen molar-refractivity contribution in [3.8, 4) is 0 Å². The third-order valence-corrected chi connectivity index (χ3v) is 7.01. The van der Waals surface area contributed by atoms with Crippen molar-refractivity contribution in [3.05, 3.63) is 30.1 Å². The van der Waals surface area contributed by atoms with Crippen molar-refractivity contribution in [1.82, 2.24) is 20.5 Å². The van der Waals surface area contributed by atoms with E-state index in [1.165, 1.54) is 31.2 Å². The number of hydrogen-bond donors (Lipinski definition) is 2. The molecule has 1 aromatic rings. The van der Waals surface area contributed by atoms with Gasteiger partial charge in [-0.3, -0.25) is 14.8 Å². The number of alkyl halides is 2. The van der Waals surface area contributed by atoms with Crippen LogP contribution in [0, 0.1) is 5.41 Å². The summed E-state index contributed by atoms with van der Waals surface area (Å²) in [6.45, 7) is 1.27. The van der Waals surface area contributed by atoms with Gasteiger partial charge in [0.15, 0.2) is 0 Å². The molecule has 1 aliphatic heterocycles. The molecular formula is C23H31F2N5O2. The molecule has 0 aromatic carbocycles. The zero-order valence-electron chi connectivity index (χ0n) is 18.4. The van der Waals surface area contributed by atoms with Crippen molar-refractivity contribution in [3.63, 3.8) is 0 Å². The second-order valence-electron chi connectivity index (χ2n) is 9.48. The molecule has 0 unspecified atom stereocenters. The van der Waals surface area contributed by atoms with Crippen LogP contribution in [0.1, 0.15) is 57.1 Å². The lowest BCUT2D eigenvalue weighted by Gasteiger charge is -2.33. The second-order valence-corrected chi connectivity index (χ2v) is 9.48. The largest absolute Gasteiger partial charge is 0.344 e. The maximum Gasteiger partial charge on any atom is 0.318 e. The molecule has 7 nitrogen and oxygen atoms in total. The Kier molecular flexibility index (Phi) is 6.18. The Morgan fingerprint density at radius 3 is 2.50 bits per heavy atom. The second kappa shape index (κ2) is 8.75. The van der Waals surface area contributed by atoms with Crippen LogP contribution in [0.4, 0.5) is 13.6 Å². The lowest BCUT2D eigenvalue weighted by molar-refractivity contribution is -0.124. The van der Waals surface area contributed by atoms with Gasteiger partial charge in [-0.15, -0.1) is 0 Å². The van der Waals surface area contributed by atoms with E-state index in [2.05, 4.69) is 20.6 Å². The quantitative estimate of drug-likeness (QED) is 0.600. The molecule has 2 N–H and O–H groups in total. The molecule has 2 saturated carbocycles. The standard InChI is InChI=1S/C23H31F2N5O2/c1-26-16-22(9-10-22)29-19(31)17(5-6-23(24,25)18-4-2-3-13-27-18)28-20(32)30-14-11-21(7-8-21)12-15-30/h2-4,13,16-17H,5-12,14-15H2,1H3,(H,28,32)(H,29,31)/t17-/m0/s1. The Morgan fingerprint density at radius 2 is 1.94 bits per heavy atom. The van der Waals surface area contributed by atoms with Crippen LogP contribution >= 0.6 is 0 Å². The molecule has 3 amide bonds. The van der Waals surface area contributed by atoms with Gasteiger partial charge in [0.05, 0.1) is 5.54 Å². The van der Waals surface area contributed by atoms with Crippen molar-refractivity contribution in [2.45, 2.75) is 68.9 Å². The Bertz CT molecular complexity index is 858. The average Bonchev–Trinajstić information content (AvgIpc) is 3.71. The summed E-state index contributed by atoms with van der Waals surface area (Å²) in [5.41, 5.74) is -0.453. The number of carbonyl (C=O) groups is 2. The summed E-state index contributed by atoms with van der Waals surface area (Å²) in [5.74, 6) is -3.65. The predicted molar refractivity (Wildman–Crippen MR) is 117 cm³/mol. The summed E-state index contributed by atoms with van der Waals surface area (Å²) < 4.78 is 29.4. The number of nitrogens with zero attached hydrogens (tertiary/aromatic N) is 3. The van der Waals surface area contributed by atoms with E-state index in [0.29, 0.717) is 18.5 Å². The minimum Gasteiger partial charge on any atom is -0.344 e. The molecule has 1 saturated heterocycles. The molecule has 2 heterocycles. The van der Waals surface area contributed by atoms with E-state index in [1.54, 1.807) is 24.2 Å². The molecule has 3 aliphatic rings. The van der Waals surface area contributed by atoms with Gasteiger partial charge in [0.1, 0.15) is 11.7 Å². The van der Waals surface area contributed by atoms with Crippen LogP contribution in [0.5, 0.6) is 0 Å². The number of likely N-dealkylation sites (tertiary alicyclic amines) is 1. The van der Waals surface area contributed by atoms with Crippen molar-refractivity contribution in [2.75, 3.05) is 20.1 Å². The zero-order valence-corrected chi connectivity index (χ0v) is 18.4. The number of aliphatic imine (C=N–C) groups is 1. The van der Waals surface area contributed by atoms with Gasteiger partial charge in [0.2, 0.25) is 5.91 Å².